The summed E-state index contributed by atoms with van der Waals surface area (Å²) in [5.41, 5.74) is 8.79. The summed E-state index contributed by atoms with van der Waals surface area (Å²) in [5.74, 6) is -0.554. The Labute approximate surface area is 416 Å². The van der Waals surface area contributed by atoms with Gasteiger partial charge in [0.2, 0.25) is 0 Å². The van der Waals surface area contributed by atoms with Crippen LogP contribution in [-0.2, 0) is 19.3 Å². The molecule has 4 aromatic carbocycles. The van der Waals surface area contributed by atoms with Gasteiger partial charge in [-0.25, -0.2) is 13.4 Å². The average molecular weight is 979 g/mol. The Morgan fingerprint density at radius 3 is 1.59 bits per heavy atom. The van der Waals surface area contributed by atoms with Crippen LogP contribution in [0.4, 0.5) is 17.6 Å². The van der Waals surface area contributed by atoms with Crippen molar-refractivity contribution in [3.63, 3.8) is 0 Å². The van der Waals surface area contributed by atoms with Gasteiger partial charge in [-0.2, -0.15) is 33.6 Å². The standard InChI is InChI=1S/C57H46F4N10O2/c58-44-23-19-39(20-24-44)48-27-32-67(63-48)35-45-10-6-28-68(45)55(72)51-49-12-4-5-30-70(49)64-54(51)41-15-13-37(14-16-41)42-25-33-71-50(34-42)52(53(65-71)40-8-2-1-3-9-40)56(73)69-29-7-11-46(69)36-66-31-26-47(62-66)38-17-21-43(22-18-38)57(59,60)61/h1-5,8-9,12-27,30-34,45-46H,6-7,10-11,28-29,35-36H2/t45-,46-/m0/s1. The normalized spacial score (nSPS) is 16.1. The third-order valence-corrected chi connectivity index (χ3v) is 14.1. The van der Waals surface area contributed by atoms with Crippen LogP contribution in [0.2, 0.25) is 0 Å². The van der Waals surface area contributed by atoms with E-state index in [1.807, 2.05) is 124 Å². The van der Waals surface area contributed by atoms with Crippen LogP contribution in [-0.4, -0.2) is 85.6 Å². The van der Waals surface area contributed by atoms with Gasteiger partial charge in [0.15, 0.2) is 0 Å². The van der Waals surface area contributed by atoms with E-state index in [2.05, 4.69) is 0 Å². The lowest BCUT2D eigenvalue weighted by Crippen LogP contribution is -2.38. The number of hydrogen-bond acceptors (Lipinski definition) is 6. The molecule has 12 nitrogen and oxygen atoms in total. The lowest BCUT2D eigenvalue weighted by Gasteiger charge is -2.25. The second-order valence-corrected chi connectivity index (χ2v) is 18.7. The number of halogens is 4. The van der Waals surface area contributed by atoms with Crippen LogP contribution in [0.5, 0.6) is 0 Å². The largest absolute Gasteiger partial charge is 0.416 e. The third-order valence-electron chi connectivity index (χ3n) is 14.1. The molecule has 0 spiro atoms. The molecule has 364 valence electrons. The minimum Gasteiger partial charge on any atom is -0.334 e. The highest BCUT2D eigenvalue weighted by Gasteiger charge is 2.36. The molecule has 2 fully saturated rings. The van der Waals surface area contributed by atoms with Crippen molar-refractivity contribution in [2.24, 2.45) is 0 Å². The van der Waals surface area contributed by atoms with Gasteiger partial charge in [0, 0.05) is 60.1 Å². The molecule has 8 heterocycles. The monoisotopic (exact) mass is 978 g/mol. The third kappa shape index (κ3) is 8.72. The Morgan fingerprint density at radius 2 is 1.00 bits per heavy atom. The Bertz CT molecular complexity index is 3650. The number of alkyl halides is 3. The molecule has 6 aromatic heterocycles. The number of amides is 2. The molecule has 0 bridgehead atoms. The highest BCUT2D eigenvalue weighted by molar-refractivity contribution is 6.08. The predicted octanol–water partition coefficient (Wildman–Crippen LogP) is 11.5. The number of aromatic nitrogens is 8. The first-order valence-electron chi connectivity index (χ1n) is 24.3. The molecular formula is C57H46F4N10O2. The van der Waals surface area contributed by atoms with Gasteiger partial charge in [-0.15, -0.1) is 0 Å². The summed E-state index contributed by atoms with van der Waals surface area (Å²) in [6.45, 7) is 2.07. The summed E-state index contributed by atoms with van der Waals surface area (Å²) in [6, 6.07) is 41.9. The summed E-state index contributed by atoms with van der Waals surface area (Å²) in [5, 5.41) is 19.4. The molecule has 2 aliphatic heterocycles. The van der Waals surface area contributed by atoms with Crippen LogP contribution in [0.1, 0.15) is 52.0 Å². The van der Waals surface area contributed by atoms with Gasteiger partial charge in [-0.3, -0.25) is 19.0 Å². The van der Waals surface area contributed by atoms with E-state index in [0.29, 0.717) is 71.0 Å². The fourth-order valence-corrected chi connectivity index (χ4v) is 10.5. The Hall–Kier alpha value is -8.66. The first-order valence-corrected chi connectivity index (χ1v) is 24.3. The first kappa shape index (κ1) is 45.5. The summed E-state index contributed by atoms with van der Waals surface area (Å²) >= 11 is 0. The summed E-state index contributed by atoms with van der Waals surface area (Å²) in [4.78, 5) is 33.7. The van der Waals surface area contributed by atoms with Crippen molar-refractivity contribution in [3.05, 3.63) is 193 Å². The van der Waals surface area contributed by atoms with Crippen LogP contribution in [0.15, 0.2) is 170 Å². The number of carbonyl (C=O) groups is 2. The summed E-state index contributed by atoms with van der Waals surface area (Å²) in [7, 11) is 0. The maximum absolute atomic E-state index is 15.0. The molecule has 0 radical (unpaired) electrons. The van der Waals surface area contributed by atoms with Gasteiger partial charge in [0.05, 0.1) is 64.3 Å². The van der Waals surface area contributed by atoms with Gasteiger partial charge in [-0.1, -0.05) is 72.8 Å². The highest BCUT2D eigenvalue weighted by Crippen LogP contribution is 2.36. The van der Waals surface area contributed by atoms with Crippen LogP contribution in [0.25, 0.3) is 67.2 Å². The molecule has 0 aliphatic carbocycles. The second kappa shape index (κ2) is 18.5. The number of carbonyl (C=O) groups excluding carboxylic acids is 2. The number of pyridine rings is 2. The lowest BCUT2D eigenvalue weighted by molar-refractivity contribution is -0.137. The van der Waals surface area contributed by atoms with Gasteiger partial charge in [0.1, 0.15) is 17.2 Å². The number of rotatable bonds is 11. The van der Waals surface area contributed by atoms with Gasteiger partial charge in [-0.05, 0) is 110 Å². The van der Waals surface area contributed by atoms with Crippen molar-refractivity contribution < 1.29 is 27.2 Å². The topological polar surface area (TPSA) is 111 Å². The molecule has 16 heteroatoms. The minimum absolute atomic E-state index is 0.0929. The molecule has 0 unspecified atom stereocenters. The highest BCUT2D eigenvalue weighted by atomic mass is 19.4. The average Bonchev–Trinajstić information content (AvgIpc) is 4.29. The molecule has 0 saturated carbocycles. The summed E-state index contributed by atoms with van der Waals surface area (Å²) < 4.78 is 60.4. The van der Waals surface area contributed by atoms with Crippen molar-refractivity contribution in [3.8, 4) is 56.2 Å². The number of hydrogen-bond donors (Lipinski definition) is 0. The number of likely N-dealkylation sites (tertiary alicyclic amines) is 2. The zero-order valence-electron chi connectivity index (χ0n) is 39.3. The zero-order valence-corrected chi connectivity index (χ0v) is 39.3. The van der Waals surface area contributed by atoms with E-state index in [1.165, 1.54) is 24.3 Å². The molecule has 2 saturated heterocycles. The molecule has 10 aromatic rings. The van der Waals surface area contributed by atoms with Crippen molar-refractivity contribution in [1.82, 2.24) is 48.6 Å². The van der Waals surface area contributed by atoms with Crippen LogP contribution in [0, 0.1) is 5.82 Å². The predicted molar refractivity (Wildman–Crippen MR) is 269 cm³/mol. The van der Waals surface area contributed by atoms with Gasteiger partial charge < -0.3 is 9.80 Å². The van der Waals surface area contributed by atoms with Crippen molar-refractivity contribution >= 4 is 22.8 Å². The van der Waals surface area contributed by atoms with E-state index in [1.54, 1.807) is 38.1 Å². The quantitative estimate of drug-likeness (QED) is 0.119. The fraction of sp³-hybridized carbons (Fsp3) is 0.193. The van der Waals surface area contributed by atoms with E-state index in [9.17, 15) is 22.4 Å². The van der Waals surface area contributed by atoms with Gasteiger partial charge >= 0.3 is 6.18 Å². The molecule has 2 aliphatic rings. The first-order chi connectivity index (χ1) is 35.5. The maximum Gasteiger partial charge on any atom is 0.416 e. The van der Waals surface area contributed by atoms with Crippen molar-refractivity contribution in [2.75, 3.05) is 13.1 Å². The van der Waals surface area contributed by atoms with E-state index >= 15 is 4.79 Å². The smallest absolute Gasteiger partial charge is 0.334 e. The van der Waals surface area contributed by atoms with Crippen molar-refractivity contribution in [1.29, 1.82) is 0 Å². The molecule has 2 atom stereocenters. The van der Waals surface area contributed by atoms with Crippen LogP contribution < -0.4 is 0 Å². The Kier molecular flexibility index (Phi) is 11.5. The summed E-state index contributed by atoms with van der Waals surface area (Å²) in [6.07, 6.45) is 6.21. The number of fused-ring (bicyclic) bond motifs is 2. The minimum atomic E-state index is -4.43. The SMILES string of the molecule is O=C(c1c(-c2ccc(-c3ccn4nc(-c5ccccc5)c(C(=O)N5CCC[C@H]5Cn5ccc(-c6ccc(C(F)(F)F)cc6)n5)c4c3)cc2)nn2ccccc12)N1CCC[C@H]1Cn1ccc(-c2ccc(F)cc2)n1. The fourth-order valence-electron chi connectivity index (χ4n) is 10.5. The molecule has 12 rings (SSSR count). The van der Waals surface area contributed by atoms with Gasteiger partial charge in [0.25, 0.3) is 11.8 Å². The van der Waals surface area contributed by atoms with E-state index < -0.39 is 11.7 Å². The number of nitrogens with zero attached hydrogens (tertiary/aromatic N) is 10. The second-order valence-electron chi connectivity index (χ2n) is 18.7. The lowest BCUT2D eigenvalue weighted by atomic mass is 9.99. The van der Waals surface area contributed by atoms with Crippen molar-refractivity contribution in [2.45, 2.75) is 57.0 Å². The number of benzene rings is 4. The van der Waals surface area contributed by atoms with E-state index in [0.717, 1.165) is 71.3 Å². The Balaban J connectivity index is 0.822. The van der Waals surface area contributed by atoms with Crippen LogP contribution in [0.3, 0.4) is 0 Å². The zero-order chi connectivity index (χ0) is 49.8. The molecule has 73 heavy (non-hydrogen) atoms. The molecule has 0 N–H and O–H groups in total. The molecule has 2 amide bonds. The van der Waals surface area contributed by atoms with Crippen LogP contribution >= 0.6 is 0 Å². The maximum atomic E-state index is 15.0. The Morgan fingerprint density at radius 1 is 0.493 bits per heavy atom. The molecular weight excluding hydrogens is 933 g/mol. The van der Waals surface area contributed by atoms with E-state index in [-0.39, 0.29) is 29.7 Å². The van der Waals surface area contributed by atoms with E-state index in [4.69, 9.17) is 20.4 Å².